The zero-order valence-electron chi connectivity index (χ0n) is 10.2. The van der Waals surface area contributed by atoms with E-state index in [0.29, 0.717) is 13.2 Å². The van der Waals surface area contributed by atoms with Gasteiger partial charge in [0.25, 0.3) is 0 Å². The summed E-state index contributed by atoms with van der Waals surface area (Å²) in [5, 5.41) is 16.5. The van der Waals surface area contributed by atoms with Crippen LogP contribution >= 0.6 is 0 Å². The molecule has 1 rings (SSSR count). The van der Waals surface area contributed by atoms with Crippen LogP contribution < -0.4 is 5.32 Å². The quantitative estimate of drug-likeness (QED) is 0.421. The summed E-state index contributed by atoms with van der Waals surface area (Å²) < 4.78 is 0. The molecule has 1 saturated heterocycles. The predicted molar refractivity (Wildman–Crippen MR) is 64.1 cm³/mol. The van der Waals surface area contributed by atoms with Crippen molar-refractivity contribution in [2.75, 3.05) is 13.2 Å². The molecule has 16 heavy (non-hydrogen) atoms. The first-order valence-corrected chi connectivity index (χ1v) is 5.67. The molecule has 0 bridgehead atoms. The smallest absolute Gasteiger partial charge is 0.132 e. The molecule has 0 unspecified atom stereocenters. The van der Waals surface area contributed by atoms with E-state index in [0.717, 1.165) is 12.1 Å². The summed E-state index contributed by atoms with van der Waals surface area (Å²) in [5.41, 5.74) is 0.765. The zero-order chi connectivity index (χ0) is 12.0. The second kappa shape index (κ2) is 6.51. The van der Waals surface area contributed by atoms with Crippen molar-refractivity contribution in [3.05, 3.63) is 0 Å². The summed E-state index contributed by atoms with van der Waals surface area (Å²) in [6.45, 7) is 6.98. The fourth-order valence-corrected chi connectivity index (χ4v) is 1.52. The Labute approximate surface area is 97.1 Å². The molecule has 0 aromatic rings. The molecule has 2 atom stereocenters. The highest BCUT2D eigenvalue weighted by Gasteiger charge is 2.22. The predicted octanol–water partition coefficient (Wildman–Crippen LogP) is 0.761. The van der Waals surface area contributed by atoms with E-state index in [2.05, 4.69) is 22.3 Å². The Morgan fingerprint density at radius 1 is 1.62 bits per heavy atom. The van der Waals surface area contributed by atoms with Crippen LogP contribution in [0.15, 0.2) is 5.16 Å². The van der Waals surface area contributed by atoms with Crippen LogP contribution in [0.25, 0.3) is 0 Å². The molecular formula is C12H20N2O2. The van der Waals surface area contributed by atoms with E-state index in [9.17, 15) is 5.11 Å². The van der Waals surface area contributed by atoms with Gasteiger partial charge in [0, 0.05) is 18.5 Å². The molecule has 0 aliphatic carbocycles. The molecule has 2 N–H and O–H groups in total. The van der Waals surface area contributed by atoms with Crippen LogP contribution in [0.1, 0.15) is 27.2 Å². The average Bonchev–Trinajstić information content (AvgIpc) is 2.63. The molecule has 0 radical (unpaired) electrons. The third-order valence-corrected chi connectivity index (χ3v) is 2.44. The highest BCUT2D eigenvalue weighted by atomic mass is 16.6. The second-order valence-electron chi connectivity index (χ2n) is 4.30. The molecule has 0 spiro atoms. The van der Waals surface area contributed by atoms with E-state index >= 15 is 0 Å². The number of β-amino-alcohol motifs (C(OH)–C–C–N with tert-alkyl or cyclic N) is 1. The van der Waals surface area contributed by atoms with Crippen LogP contribution in [0.4, 0.5) is 0 Å². The SMILES string of the molecule is CC#C/C(=N\OC[C@@H]1C[C@H](O)CN1)C(C)C. The number of hydrogen-bond donors (Lipinski definition) is 2. The number of hydrogen-bond acceptors (Lipinski definition) is 4. The maximum atomic E-state index is 9.30. The lowest BCUT2D eigenvalue weighted by Crippen LogP contribution is -2.26. The summed E-state index contributed by atoms with van der Waals surface area (Å²) in [7, 11) is 0. The van der Waals surface area contributed by atoms with Crippen LogP contribution in [-0.2, 0) is 4.84 Å². The number of aliphatic hydroxyl groups is 1. The van der Waals surface area contributed by atoms with Crippen LogP contribution in [0.5, 0.6) is 0 Å². The monoisotopic (exact) mass is 224 g/mol. The van der Waals surface area contributed by atoms with E-state index in [1.807, 2.05) is 13.8 Å². The first-order chi connectivity index (χ1) is 7.63. The molecule has 4 heteroatoms. The Morgan fingerprint density at radius 2 is 2.38 bits per heavy atom. The maximum absolute atomic E-state index is 9.30. The van der Waals surface area contributed by atoms with Crippen LogP contribution in [0, 0.1) is 17.8 Å². The van der Waals surface area contributed by atoms with E-state index in [-0.39, 0.29) is 18.1 Å². The van der Waals surface area contributed by atoms with Gasteiger partial charge in [0.2, 0.25) is 0 Å². The van der Waals surface area contributed by atoms with Crippen LogP contribution in [-0.4, -0.2) is 36.1 Å². The van der Waals surface area contributed by atoms with E-state index in [1.165, 1.54) is 0 Å². The number of nitrogens with one attached hydrogen (secondary N) is 1. The van der Waals surface area contributed by atoms with Gasteiger partial charge >= 0.3 is 0 Å². The van der Waals surface area contributed by atoms with Crippen molar-refractivity contribution in [3.8, 4) is 11.8 Å². The van der Waals surface area contributed by atoms with Crippen molar-refractivity contribution >= 4 is 5.71 Å². The molecule has 0 aromatic carbocycles. The lowest BCUT2D eigenvalue weighted by molar-refractivity contribution is 0.118. The summed E-state index contributed by atoms with van der Waals surface area (Å²) in [4.78, 5) is 5.25. The van der Waals surface area contributed by atoms with Crippen molar-refractivity contribution in [1.29, 1.82) is 0 Å². The minimum absolute atomic E-state index is 0.196. The first-order valence-electron chi connectivity index (χ1n) is 5.67. The maximum Gasteiger partial charge on any atom is 0.132 e. The minimum Gasteiger partial charge on any atom is -0.393 e. The largest absolute Gasteiger partial charge is 0.393 e. The zero-order valence-corrected chi connectivity index (χ0v) is 10.2. The molecule has 0 aromatic heterocycles. The van der Waals surface area contributed by atoms with Gasteiger partial charge in [-0.2, -0.15) is 0 Å². The highest BCUT2D eigenvalue weighted by molar-refractivity contribution is 6.01. The van der Waals surface area contributed by atoms with Gasteiger partial charge in [0.15, 0.2) is 0 Å². The fourth-order valence-electron chi connectivity index (χ4n) is 1.52. The lowest BCUT2D eigenvalue weighted by atomic mass is 10.1. The second-order valence-corrected chi connectivity index (χ2v) is 4.30. The fraction of sp³-hybridized carbons (Fsp3) is 0.750. The van der Waals surface area contributed by atoms with E-state index in [4.69, 9.17) is 4.84 Å². The Balaban J connectivity index is 2.35. The Bertz CT molecular complexity index is 302. The number of oxime groups is 1. The topological polar surface area (TPSA) is 53.9 Å². The normalized spacial score (nSPS) is 25.4. The van der Waals surface area contributed by atoms with Gasteiger partial charge in [-0.05, 0) is 19.3 Å². The average molecular weight is 224 g/mol. The van der Waals surface area contributed by atoms with Gasteiger partial charge in [-0.3, -0.25) is 0 Å². The molecule has 0 amide bonds. The number of nitrogens with zero attached hydrogens (tertiary/aromatic N) is 1. The first kappa shape index (κ1) is 13.0. The molecule has 1 aliphatic heterocycles. The lowest BCUT2D eigenvalue weighted by Gasteiger charge is -2.09. The number of rotatable bonds is 4. The molecule has 1 fully saturated rings. The van der Waals surface area contributed by atoms with E-state index < -0.39 is 0 Å². The summed E-state index contributed by atoms with van der Waals surface area (Å²) >= 11 is 0. The van der Waals surface area contributed by atoms with Crippen molar-refractivity contribution in [2.45, 2.75) is 39.3 Å². The van der Waals surface area contributed by atoms with Crippen LogP contribution in [0.3, 0.4) is 0 Å². The molecule has 4 nitrogen and oxygen atoms in total. The molecule has 1 heterocycles. The summed E-state index contributed by atoms with van der Waals surface area (Å²) in [6, 6.07) is 0.196. The summed E-state index contributed by atoms with van der Waals surface area (Å²) in [6.07, 6.45) is 0.476. The van der Waals surface area contributed by atoms with Gasteiger partial charge in [0.05, 0.1) is 6.10 Å². The standard InChI is InChI=1S/C12H20N2O2/c1-4-5-12(9(2)3)14-16-8-10-6-11(15)7-13-10/h9-11,13,15H,6-8H2,1-3H3/b14-12+/t10-,11-/m0/s1. The Hall–Kier alpha value is -1.05. The molecule has 1 aliphatic rings. The third kappa shape index (κ3) is 4.21. The van der Waals surface area contributed by atoms with Gasteiger partial charge in [0.1, 0.15) is 12.3 Å². The van der Waals surface area contributed by atoms with Crippen molar-refractivity contribution in [1.82, 2.24) is 5.32 Å². The number of aliphatic hydroxyl groups excluding tert-OH is 1. The highest BCUT2D eigenvalue weighted by Crippen LogP contribution is 2.07. The third-order valence-electron chi connectivity index (χ3n) is 2.44. The van der Waals surface area contributed by atoms with Crippen molar-refractivity contribution in [2.24, 2.45) is 11.1 Å². The Kier molecular flexibility index (Phi) is 5.30. The molecule has 90 valence electrons. The van der Waals surface area contributed by atoms with Crippen molar-refractivity contribution in [3.63, 3.8) is 0 Å². The van der Waals surface area contributed by atoms with Gasteiger partial charge < -0.3 is 15.3 Å². The summed E-state index contributed by atoms with van der Waals surface area (Å²) in [5.74, 6) is 6.01. The van der Waals surface area contributed by atoms with Crippen LogP contribution in [0.2, 0.25) is 0 Å². The molecule has 0 saturated carbocycles. The van der Waals surface area contributed by atoms with E-state index in [1.54, 1.807) is 6.92 Å². The van der Waals surface area contributed by atoms with Gasteiger partial charge in [-0.25, -0.2) is 0 Å². The van der Waals surface area contributed by atoms with Gasteiger partial charge in [-0.15, -0.1) is 0 Å². The van der Waals surface area contributed by atoms with Crippen molar-refractivity contribution < 1.29 is 9.94 Å². The van der Waals surface area contributed by atoms with Gasteiger partial charge in [-0.1, -0.05) is 24.9 Å². The molecular weight excluding hydrogens is 204 g/mol. The minimum atomic E-state index is -0.252. The Morgan fingerprint density at radius 3 is 2.88 bits per heavy atom.